The van der Waals surface area contributed by atoms with E-state index in [9.17, 15) is 10.2 Å². The molecule has 0 saturated heterocycles. The average Bonchev–Trinajstić information content (AvgIpc) is 2.38. The first-order valence-corrected chi connectivity index (χ1v) is 5.53. The van der Waals surface area contributed by atoms with Crippen molar-refractivity contribution in [1.82, 2.24) is 4.98 Å². The summed E-state index contributed by atoms with van der Waals surface area (Å²) in [5, 5.41) is 29.9. The number of hydrogen-bond donors (Lipinski definition) is 3. The molecule has 17 heavy (non-hydrogen) atoms. The second kappa shape index (κ2) is 4.98. The van der Waals surface area contributed by atoms with Crippen LogP contribution in [-0.4, -0.2) is 33.0 Å². The molecule has 0 saturated carbocycles. The molecule has 0 aliphatic carbocycles. The largest absolute Gasteiger partial charge is 0.394 e. The Morgan fingerprint density at radius 2 is 1.82 bits per heavy atom. The number of halogens is 1. The van der Waals surface area contributed by atoms with E-state index in [-0.39, 0.29) is 0 Å². The molecular formula is C12H12ClNO3. The van der Waals surface area contributed by atoms with E-state index < -0.39 is 18.8 Å². The number of nitrogens with zero attached hydrogens (tertiary/aromatic N) is 1. The van der Waals surface area contributed by atoms with Crippen molar-refractivity contribution in [2.75, 3.05) is 6.61 Å². The molecule has 90 valence electrons. The molecule has 1 heterocycles. The first-order chi connectivity index (χ1) is 8.15. The molecule has 0 spiro atoms. The average molecular weight is 254 g/mol. The van der Waals surface area contributed by atoms with Crippen molar-refractivity contribution in [2.45, 2.75) is 12.2 Å². The first kappa shape index (κ1) is 12.3. The van der Waals surface area contributed by atoms with Crippen molar-refractivity contribution in [1.29, 1.82) is 0 Å². The zero-order valence-electron chi connectivity index (χ0n) is 8.92. The summed E-state index contributed by atoms with van der Waals surface area (Å²) in [5.41, 5.74) is 0.451. The molecule has 0 aliphatic rings. The van der Waals surface area contributed by atoms with Crippen LogP contribution in [-0.2, 0) is 0 Å². The molecule has 2 unspecified atom stereocenters. The molecule has 2 rings (SSSR count). The van der Waals surface area contributed by atoms with Gasteiger partial charge in [0.2, 0.25) is 0 Å². The summed E-state index contributed by atoms with van der Waals surface area (Å²) < 4.78 is 0. The molecule has 2 aromatic rings. The summed E-state index contributed by atoms with van der Waals surface area (Å²) in [7, 11) is 0. The van der Waals surface area contributed by atoms with E-state index in [1.54, 1.807) is 18.2 Å². The van der Waals surface area contributed by atoms with Crippen LogP contribution in [0.2, 0.25) is 5.15 Å². The monoisotopic (exact) mass is 253 g/mol. The summed E-state index contributed by atoms with van der Waals surface area (Å²) in [6, 6.07) is 7.19. The van der Waals surface area contributed by atoms with E-state index in [4.69, 9.17) is 16.7 Å². The van der Waals surface area contributed by atoms with Crippen LogP contribution in [0.3, 0.4) is 0 Å². The summed E-state index contributed by atoms with van der Waals surface area (Å²) in [5.74, 6) is 0. The molecule has 0 fully saturated rings. The lowest BCUT2D eigenvalue weighted by molar-refractivity contribution is -0.0147. The van der Waals surface area contributed by atoms with Gasteiger partial charge in [-0.2, -0.15) is 0 Å². The summed E-state index contributed by atoms with van der Waals surface area (Å²) in [6.07, 6.45) is -1.01. The predicted molar refractivity (Wildman–Crippen MR) is 64.8 cm³/mol. The molecule has 0 amide bonds. The summed E-state index contributed by atoms with van der Waals surface area (Å²) >= 11 is 5.94. The molecular weight excluding hydrogens is 242 g/mol. The third-order valence-electron chi connectivity index (χ3n) is 2.65. The van der Waals surface area contributed by atoms with Gasteiger partial charge in [-0.15, -0.1) is 0 Å². The van der Waals surface area contributed by atoms with Gasteiger partial charge in [-0.05, 0) is 5.39 Å². The van der Waals surface area contributed by atoms with Crippen LogP contribution in [0.4, 0.5) is 0 Å². The number of aliphatic hydroxyl groups excluding tert-OH is 3. The number of benzene rings is 1. The SMILES string of the molecule is OCC(O)C(O)c1cnc(Cl)c2ccccc12. The minimum Gasteiger partial charge on any atom is -0.394 e. The molecule has 2 atom stereocenters. The van der Waals surface area contributed by atoms with Crippen molar-refractivity contribution >= 4 is 22.4 Å². The van der Waals surface area contributed by atoms with Crippen molar-refractivity contribution in [3.05, 3.63) is 41.2 Å². The second-order valence-electron chi connectivity index (χ2n) is 3.74. The smallest absolute Gasteiger partial charge is 0.136 e. The highest BCUT2D eigenvalue weighted by Crippen LogP contribution is 2.29. The number of rotatable bonds is 3. The van der Waals surface area contributed by atoms with Crippen molar-refractivity contribution in [2.24, 2.45) is 0 Å². The maximum Gasteiger partial charge on any atom is 0.136 e. The van der Waals surface area contributed by atoms with Crippen LogP contribution in [0.1, 0.15) is 11.7 Å². The topological polar surface area (TPSA) is 73.6 Å². The molecule has 5 heteroatoms. The number of aliphatic hydroxyl groups is 3. The maximum absolute atomic E-state index is 9.88. The third-order valence-corrected chi connectivity index (χ3v) is 2.95. The fraction of sp³-hybridized carbons (Fsp3) is 0.250. The lowest BCUT2D eigenvalue weighted by Gasteiger charge is -2.17. The van der Waals surface area contributed by atoms with Crippen molar-refractivity contribution < 1.29 is 15.3 Å². The highest BCUT2D eigenvalue weighted by molar-refractivity contribution is 6.34. The minimum atomic E-state index is -1.23. The van der Waals surface area contributed by atoms with E-state index >= 15 is 0 Å². The third kappa shape index (κ3) is 2.25. The van der Waals surface area contributed by atoms with Crippen LogP contribution in [0.15, 0.2) is 30.5 Å². The molecule has 3 N–H and O–H groups in total. The molecule has 4 nitrogen and oxygen atoms in total. The van der Waals surface area contributed by atoms with E-state index in [2.05, 4.69) is 4.98 Å². The van der Waals surface area contributed by atoms with Gasteiger partial charge < -0.3 is 15.3 Å². The van der Waals surface area contributed by atoms with Crippen LogP contribution < -0.4 is 0 Å². The maximum atomic E-state index is 9.88. The number of fused-ring (bicyclic) bond motifs is 1. The van der Waals surface area contributed by atoms with Crippen LogP contribution in [0, 0.1) is 0 Å². The standard InChI is InChI=1S/C12H12ClNO3/c13-12-8-4-2-1-3-7(8)9(5-14-12)11(17)10(16)6-15/h1-5,10-11,15-17H,6H2. The lowest BCUT2D eigenvalue weighted by Crippen LogP contribution is -2.22. The van der Waals surface area contributed by atoms with Gasteiger partial charge in [0, 0.05) is 17.1 Å². The summed E-state index contributed by atoms with van der Waals surface area (Å²) in [4.78, 5) is 3.96. The fourth-order valence-electron chi connectivity index (χ4n) is 1.72. The number of pyridine rings is 1. The normalized spacial score (nSPS) is 14.8. The van der Waals surface area contributed by atoms with Crippen LogP contribution in [0.25, 0.3) is 10.8 Å². The first-order valence-electron chi connectivity index (χ1n) is 5.15. The Kier molecular flexibility index (Phi) is 3.59. The highest BCUT2D eigenvalue weighted by Gasteiger charge is 2.20. The van der Waals surface area contributed by atoms with Gasteiger partial charge in [-0.3, -0.25) is 0 Å². The molecule has 0 radical (unpaired) electrons. The van der Waals surface area contributed by atoms with Gasteiger partial charge in [-0.1, -0.05) is 35.9 Å². The van der Waals surface area contributed by atoms with Gasteiger partial charge in [-0.25, -0.2) is 4.98 Å². The molecule has 1 aromatic heterocycles. The number of aromatic nitrogens is 1. The second-order valence-corrected chi connectivity index (χ2v) is 4.10. The van der Waals surface area contributed by atoms with Gasteiger partial charge in [0.05, 0.1) is 6.61 Å². The number of hydrogen-bond acceptors (Lipinski definition) is 4. The van der Waals surface area contributed by atoms with Crippen molar-refractivity contribution in [3.63, 3.8) is 0 Å². The van der Waals surface area contributed by atoms with Gasteiger partial charge in [0.1, 0.15) is 17.4 Å². The molecule has 0 aliphatic heterocycles. The van der Waals surface area contributed by atoms with E-state index in [1.165, 1.54) is 6.20 Å². The Morgan fingerprint density at radius 3 is 2.47 bits per heavy atom. The van der Waals surface area contributed by atoms with Gasteiger partial charge in [0.25, 0.3) is 0 Å². The van der Waals surface area contributed by atoms with Crippen LogP contribution >= 0.6 is 11.6 Å². The van der Waals surface area contributed by atoms with Gasteiger partial charge in [0.15, 0.2) is 0 Å². The minimum absolute atomic E-state index is 0.343. The molecule has 1 aromatic carbocycles. The highest BCUT2D eigenvalue weighted by atomic mass is 35.5. The quantitative estimate of drug-likeness (QED) is 0.721. The van der Waals surface area contributed by atoms with E-state index in [0.29, 0.717) is 21.5 Å². The Labute approximate surface area is 103 Å². The Morgan fingerprint density at radius 1 is 1.18 bits per heavy atom. The zero-order chi connectivity index (χ0) is 12.4. The Hall–Kier alpha value is -1.20. The lowest BCUT2D eigenvalue weighted by atomic mass is 10.0. The van der Waals surface area contributed by atoms with Crippen LogP contribution in [0.5, 0.6) is 0 Å². The molecule has 0 bridgehead atoms. The fourth-order valence-corrected chi connectivity index (χ4v) is 1.94. The van der Waals surface area contributed by atoms with E-state index in [0.717, 1.165) is 0 Å². The van der Waals surface area contributed by atoms with Crippen molar-refractivity contribution in [3.8, 4) is 0 Å². The van der Waals surface area contributed by atoms with E-state index in [1.807, 2.05) is 6.07 Å². The Balaban J connectivity index is 2.59. The zero-order valence-corrected chi connectivity index (χ0v) is 9.67. The summed E-state index contributed by atoms with van der Waals surface area (Å²) in [6.45, 7) is -0.516. The Bertz CT molecular complexity index is 532. The van der Waals surface area contributed by atoms with Gasteiger partial charge >= 0.3 is 0 Å². The predicted octanol–water partition coefficient (Wildman–Crippen LogP) is 1.27.